The summed E-state index contributed by atoms with van der Waals surface area (Å²) in [6, 6.07) is 7.39. The Morgan fingerprint density at radius 1 is 1.25 bits per heavy atom. The van der Waals surface area contributed by atoms with Crippen LogP contribution in [0.5, 0.6) is 5.75 Å². The van der Waals surface area contributed by atoms with Crippen molar-refractivity contribution < 1.29 is 19.1 Å². The number of carbonyl (C=O) groups excluding carboxylic acids is 2. The number of benzene rings is 1. The number of amides is 1. The van der Waals surface area contributed by atoms with Crippen LogP contribution in [0.4, 0.5) is 0 Å². The van der Waals surface area contributed by atoms with Crippen LogP contribution in [0.25, 0.3) is 0 Å². The van der Waals surface area contributed by atoms with Crippen molar-refractivity contribution in [2.24, 2.45) is 4.99 Å². The zero-order valence-corrected chi connectivity index (χ0v) is 19.9. The van der Waals surface area contributed by atoms with E-state index >= 15 is 0 Å². The van der Waals surface area contributed by atoms with E-state index in [2.05, 4.69) is 5.32 Å². The molecule has 0 aromatic heterocycles. The highest BCUT2D eigenvalue weighted by atomic mass is 32.2. The Labute approximate surface area is 192 Å². The maximum absolute atomic E-state index is 13.4. The first-order valence-electron chi connectivity index (χ1n) is 10.8. The Hall–Kier alpha value is -2.74. The number of esters is 1. The highest BCUT2D eigenvalue weighted by molar-refractivity contribution is 8.16. The molecule has 0 saturated heterocycles. The van der Waals surface area contributed by atoms with E-state index in [0.29, 0.717) is 17.0 Å². The molecule has 1 fully saturated rings. The quantitative estimate of drug-likeness (QED) is 0.645. The predicted molar refractivity (Wildman–Crippen MR) is 125 cm³/mol. The van der Waals surface area contributed by atoms with Crippen molar-refractivity contribution in [2.45, 2.75) is 64.6 Å². The lowest BCUT2D eigenvalue weighted by molar-refractivity contribution is -0.150. The predicted octanol–water partition coefficient (Wildman–Crippen LogP) is 4.28. The second-order valence-electron chi connectivity index (χ2n) is 9.16. The summed E-state index contributed by atoms with van der Waals surface area (Å²) in [4.78, 5) is 32.6. The monoisotopic (exact) mass is 455 g/mol. The number of aliphatic imine (C=N–C) groups is 1. The van der Waals surface area contributed by atoms with Gasteiger partial charge >= 0.3 is 5.97 Å². The van der Waals surface area contributed by atoms with Gasteiger partial charge in [-0.3, -0.25) is 4.79 Å². The van der Waals surface area contributed by atoms with Crippen LogP contribution in [0.15, 0.2) is 51.6 Å². The van der Waals surface area contributed by atoms with Crippen molar-refractivity contribution in [1.29, 1.82) is 0 Å². The number of nitrogens with zero attached hydrogens (tertiary/aromatic N) is 2. The molecular weight excluding hydrogens is 426 g/mol. The summed E-state index contributed by atoms with van der Waals surface area (Å²) in [6.07, 6.45) is 2.28. The fourth-order valence-electron chi connectivity index (χ4n) is 3.82. The number of hydrogen-bond donors (Lipinski definition) is 1. The largest absolute Gasteiger partial charge is 0.496 e. The molecule has 4 rings (SSSR count). The van der Waals surface area contributed by atoms with E-state index in [1.807, 2.05) is 62.3 Å². The maximum Gasteiger partial charge on any atom is 0.338 e. The number of fused-ring (bicyclic) bond motifs is 1. The van der Waals surface area contributed by atoms with E-state index in [9.17, 15) is 9.59 Å². The summed E-state index contributed by atoms with van der Waals surface area (Å²) >= 11 is 1.46. The number of allylic oxidation sites excluding steroid dienone is 1. The molecule has 1 atom stereocenters. The molecule has 0 spiro atoms. The highest BCUT2D eigenvalue weighted by Crippen LogP contribution is 2.47. The van der Waals surface area contributed by atoms with Gasteiger partial charge in [0, 0.05) is 17.3 Å². The third-order valence-corrected chi connectivity index (χ3v) is 6.23. The normalized spacial score (nSPS) is 20.4. The van der Waals surface area contributed by atoms with Crippen LogP contribution in [0.3, 0.4) is 0 Å². The Balaban J connectivity index is 1.76. The van der Waals surface area contributed by atoms with Crippen LogP contribution in [-0.4, -0.2) is 40.7 Å². The number of carbonyl (C=O) groups is 2. The van der Waals surface area contributed by atoms with Gasteiger partial charge in [-0.2, -0.15) is 0 Å². The molecule has 2 heterocycles. The van der Waals surface area contributed by atoms with Crippen molar-refractivity contribution in [1.82, 2.24) is 10.2 Å². The minimum Gasteiger partial charge on any atom is -0.496 e. The lowest BCUT2D eigenvalue weighted by atomic mass is 9.93. The van der Waals surface area contributed by atoms with Crippen molar-refractivity contribution in [2.75, 3.05) is 7.11 Å². The van der Waals surface area contributed by atoms with Gasteiger partial charge < -0.3 is 19.7 Å². The van der Waals surface area contributed by atoms with Gasteiger partial charge in [-0.15, -0.1) is 0 Å². The molecule has 1 N–H and O–H groups in total. The summed E-state index contributed by atoms with van der Waals surface area (Å²) in [7, 11) is 1.61. The first-order chi connectivity index (χ1) is 15.2. The van der Waals surface area contributed by atoms with E-state index < -0.39 is 17.6 Å². The van der Waals surface area contributed by atoms with Gasteiger partial charge in [0.25, 0.3) is 0 Å². The summed E-state index contributed by atoms with van der Waals surface area (Å²) in [5, 5.41) is 5.72. The summed E-state index contributed by atoms with van der Waals surface area (Å²) in [5.74, 6) is 0.211. The summed E-state index contributed by atoms with van der Waals surface area (Å²) in [5.41, 5.74) is 2.02. The fraction of sp³-hybridized carbons (Fsp3) is 0.458. The minimum absolute atomic E-state index is 0.0236. The average molecular weight is 456 g/mol. The molecule has 2 aliphatic heterocycles. The van der Waals surface area contributed by atoms with E-state index in [1.54, 1.807) is 7.11 Å². The topological polar surface area (TPSA) is 80.2 Å². The molecule has 0 bridgehead atoms. The lowest BCUT2D eigenvalue weighted by Crippen LogP contribution is -2.39. The number of amidine groups is 1. The van der Waals surface area contributed by atoms with Gasteiger partial charge in [-0.1, -0.05) is 30.0 Å². The molecule has 170 valence electrons. The van der Waals surface area contributed by atoms with Crippen LogP contribution < -0.4 is 10.1 Å². The molecule has 1 amide bonds. The molecule has 0 unspecified atom stereocenters. The van der Waals surface area contributed by atoms with E-state index in [0.717, 1.165) is 29.3 Å². The van der Waals surface area contributed by atoms with Gasteiger partial charge in [-0.05, 0) is 52.0 Å². The SMILES string of the molecule is COc1ccccc1[C@H]1C(C(=O)OC(C)(C)C)=C(C)N=C2SC=C(CC(=O)NC3CC3)N21. The molecule has 7 nitrogen and oxygen atoms in total. The minimum atomic E-state index is -0.651. The summed E-state index contributed by atoms with van der Waals surface area (Å²) in [6.45, 7) is 7.35. The molecular formula is C24H29N3O4S. The third kappa shape index (κ3) is 4.70. The molecule has 1 aromatic carbocycles. The Morgan fingerprint density at radius 3 is 2.62 bits per heavy atom. The number of para-hydroxylation sites is 1. The zero-order valence-electron chi connectivity index (χ0n) is 19.1. The second kappa shape index (κ2) is 8.65. The van der Waals surface area contributed by atoms with Gasteiger partial charge in [0.2, 0.25) is 5.91 Å². The molecule has 1 aliphatic carbocycles. The van der Waals surface area contributed by atoms with Gasteiger partial charge in [0.15, 0.2) is 5.17 Å². The van der Waals surface area contributed by atoms with E-state index in [1.165, 1.54) is 11.8 Å². The zero-order chi connectivity index (χ0) is 23.0. The Bertz CT molecular complexity index is 1030. The van der Waals surface area contributed by atoms with Crippen molar-refractivity contribution in [3.8, 4) is 5.75 Å². The number of hydrogen-bond acceptors (Lipinski definition) is 7. The first-order valence-corrected chi connectivity index (χ1v) is 11.7. The lowest BCUT2D eigenvalue weighted by Gasteiger charge is -2.37. The van der Waals surface area contributed by atoms with Gasteiger partial charge in [-0.25, -0.2) is 9.79 Å². The maximum atomic E-state index is 13.4. The number of methoxy groups -OCH3 is 1. The van der Waals surface area contributed by atoms with E-state index in [-0.39, 0.29) is 18.4 Å². The number of thioether (sulfide) groups is 1. The molecule has 8 heteroatoms. The van der Waals surface area contributed by atoms with Crippen molar-refractivity contribution in [3.63, 3.8) is 0 Å². The van der Waals surface area contributed by atoms with Crippen molar-refractivity contribution >= 4 is 28.8 Å². The summed E-state index contributed by atoms with van der Waals surface area (Å²) < 4.78 is 11.4. The van der Waals surface area contributed by atoms with Crippen LogP contribution in [0, 0.1) is 0 Å². The molecule has 0 radical (unpaired) electrons. The van der Waals surface area contributed by atoms with Gasteiger partial charge in [0.1, 0.15) is 11.4 Å². The molecule has 1 aromatic rings. The first kappa shape index (κ1) is 22.5. The van der Waals surface area contributed by atoms with Crippen molar-refractivity contribution in [3.05, 3.63) is 52.2 Å². The molecule has 3 aliphatic rings. The standard InChI is InChI=1S/C24H29N3O4S/c1-14-20(22(29)31-24(2,3)4)21(17-8-6-7-9-18(17)30-5)27-16(13-32-23(27)25-14)12-19(28)26-15-10-11-15/h6-9,13,15,21H,10-12H2,1-5H3,(H,26,28)/t21-/m0/s1. The number of rotatable bonds is 6. The molecule has 32 heavy (non-hydrogen) atoms. The van der Waals surface area contributed by atoms with Gasteiger partial charge in [0.05, 0.1) is 30.8 Å². The molecule has 1 saturated carbocycles. The number of ether oxygens (including phenoxy) is 2. The smallest absolute Gasteiger partial charge is 0.338 e. The second-order valence-corrected chi connectivity index (χ2v) is 9.99. The highest BCUT2D eigenvalue weighted by Gasteiger charge is 2.43. The average Bonchev–Trinajstić information content (AvgIpc) is 3.44. The Morgan fingerprint density at radius 2 is 1.97 bits per heavy atom. The number of nitrogens with one attached hydrogen (secondary N) is 1. The van der Waals surface area contributed by atoms with E-state index in [4.69, 9.17) is 14.5 Å². The van der Waals surface area contributed by atoms with Crippen LogP contribution in [0.2, 0.25) is 0 Å². The van der Waals surface area contributed by atoms with Crippen LogP contribution in [-0.2, 0) is 14.3 Å². The van der Waals surface area contributed by atoms with Crippen LogP contribution >= 0.6 is 11.8 Å². The Kier molecular flexibility index (Phi) is 6.07. The third-order valence-electron chi connectivity index (χ3n) is 5.34. The van der Waals surface area contributed by atoms with Crippen LogP contribution in [0.1, 0.15) is 58.6 Å². The fourth-order valence-corrected chi connectivity index (χ4v) is 4.79.